The van der Waals surface area contributed by atoms with Crippen LogP contribution in [0.3, 0.4) is 0 Å². The van der Waals surface area contributed by atoms with Gasteiger partial charge in [-0.25, -0.2) is 0 Å². The second kappa shape index (κ2) is 10.8. The van der Waals surface area contributed by atoms with Gasteiger partial charge in [0.2, 0.25) is 5.56 Å². The number of hydrogen-bond acceptors (Lipinski definition) is 7. The molecule has 0 amide bonds. The van der Waals surface area contributed by atoms with E-state index in [-0.39, 0.29) is 5.56 Å². The van der Waals surface area contributed by atoms with Gasteiger partial charge >= 0.3 is 0 Å². The average molecular weight is 535 g/mol. The second-order valence-corrected chi connectivity index (χ2v) is 12.4. The molecular formula is C29H34N4O2S2. The first-order chi connectivity index (χ1) is 18.0. The molecule has 1 aromatic heterocycles. The Bertz CT molecular complexity index is 1330. The highest BCUT2D eigenvalue weighted by atomic mass is 32.2. The maximum atomic E-state index is 12.6. The van der Waals surface area contributed by atoms with Crippen molar-refractivity contribution in [2.24, 2.45) is 0 Å². The second-order valence-electron chi connectivity index (χ2n) is 10.3. The zero-order chi connectivity index (χ0) is 25.4. The molecule has 3 aromatic rings. The van der Waals surface area contributed by atoms with Crippen LogP contribution in [-0.4, -0.2) is 61.4 Å². The molecule has 0 unspecified atom stereocenters. The van der Waals surface area contributed by atoms with Crippen LogP contribution in [0.15, 0.2) is 72.9 Å². The van der Waals surface area contributed by atoms with Crippen LogP contribution in [0.2, 0.25) is 0 Å². The van der Waals surface area contributed by atoms with E-state index in [9.17, 15) is 4.79 Å². The summed E-state index contributed by atoms with van der Waals surface area (Å²) >= 11 is 3.62. The Balaban J connectivity index is 1.22. The van der Waals surface area contributed by atoms with Gasteiger partial charge in [-0.05, 0) is 57.0 Å². The number of anilines is 2. The predicted molar refractivity (Wildman–Crippen MR) is 154 cm³/mol. The van der Waals surface area contributed by atoms with Crippen molar-refractivity contribution in [2.75, 3.05) is 49.6 Å². The van der Waals surface area contributed by atoms with Gasteiger partial charge < -0.3 is 24.8 Å². The Morgan fingerprint density at radius 2 is 1.76 bits per heavy atom. The molecule has 0 atom stereocenters. The van der Waals surface area contributed by atoms with Crippen LogP contribution >= 0.6 is 23.5 Å². The van der Waals surface area contributed by atoms with Gasteiger partial charge in [0.15, 0.2) is 0 Å². The van der Waals surface area contributed by atoms with Crippen LogP contribution in [0.25, 0.3) is 11.3 Å². The van der Waals surface area contributed by atoms with Crippen molar-refractivity contribution in [1.82, 2.24) is 9.88 Å². The van der Waals surface area contributed by atoms with Crippen molar-refractivity contribution < 1.29 is 4.74 Å². The summed E-state index contributed by atoms with van der Waals surface area (Å²) in [5.74, 6) is 0. The molecule has 0 aliphatic carbocycles. The number of H-pyrrole nitrogens is 1. The number of morpholine rings is 1. The van der Waals surface area contributed by atoms with E-state index in [1.165, 1.54) is 38.1 Å². The van der Waals surface area contributed by atoms with Crippen molar-refractivity contribution in [2.45, 2.75) is 58.4 Å². The number of rotatable bonds is 5. The molecule has 37 heavy (non-hydrogen) atoms. The van der Waals surface area contributed by atoms with E-state index in [0.29, 0.717) is 25.3 Å². The van der Waals surface area contributed by atoms with E-state index in [1.54, 1.807) is 17.8 Å². The molecule has 4 heterocycles. The van der Waals surface area contributed by atoms with E-state index in [1.807, 2.05) is 11.8 Å². The van der Waals surface area contributed by atoms with Crippen LogP contribution in [0.5, 0.6) is 0 Å². The number of aromatic nitrogens is 1. The Morgan fingerprint density at radius 1 is 0.946 bits per heavy atom. The zero-order valence-electron chi connectivity index (χ0n) is 21.5. The number of nitrogens with zero attached hydrogens (tertiary/aromatic N) is 2. The number of benzene rings is 2. The summed E-state index contributed by atoms with van der Waals surface area (Å²) in [5, 5.41) is 3.79. The summed E-state index contributed by atoms with van der Waals surface area (Å²) in [6.45, 7) is 9.90. The van der Waals surface area contributed by atoms with Gasteiger partial charge in [0.25, 0.3) is 0 Å². The highest BCUT2D eigenvalue weighted by molar-refractivity contribution is 8.05. The molecule has 0 bridgehead atoms. The Kier molecular flexibility index (Phi) is 7.25. The maximum absolute atomic E-state index is 12.6. The molecule has 3 aliphatic rings. The number of pyridine rings is 1. The van der Waals surface area contributed by atoms with E-state index in [0.717, 1.165) is 43.1 Å². The lowest BCUT2D eigenvalue weighted by molar-refractivity contribution is 0.122. The SMILES string of the molecule is CC(C)N1CCC(Nc2ccc3c(c2)Sc2cccc(-c4cc(N5CCOCC5)cc(=O)[nH]4)c2S3)CC1. The summed E-state index contributed by atoms with van der Waals surface area (Å²) < 4.78 is 5.50. The Labute approximate surface area is 227 Å². The smallest absolute Gasteiger partial charge is 0.250 e. The fourth-order valence-electron chi connectivity index (χ4n) is 5.38. The standard InChI is InChI=1S/C29H34N4O2S2/c1-19(2)32-10-8-20(9-11-32)30-21-6-7-25-27(16-21)36-26-5-3-4-23(29(26)37-25)24-17-22(18-28(34)31-24)33-12-14-35-15-13-33/h3-7,16-20,30H,8-15H2,1-2H3,(H,31,34). The normalized spacial score (nSPS) is 18.5. The minimum absolute atomic E-state index is 0.0691. The van der Waals surface area contributed by atoms with Crippen LogP contribution < -0.4 is 15.8 Å². The number of hydrogen-bond donors (Lipinski definition) is 2. The first kappa shape index (κ1) is 24.9. The van der Waals surface area contributed by atoms with E-state index in [2.05, 4.69) is 76.4 Å². The number of ether oxygens (including phenoxy) is 1. The van der Waals surface area contributed by atoms with E-state index >= 15 is 0 Å². The molecule has 8 heteroatoms. The van der Waals surface area contributed by atoms with Gasteiger partial charge in [0.05, 0.1) is 18.9 Å². The summed E-state index contributed by atoms with van der Waals surface area (Å²) in [6.07, 6.45) is 2.37. The van der Waals surface area contributed by atoms with Crippen LogP contribution in [-0.2, 0) is 4.74 Å². The lowest BCUT2D eigenvalue weighted by Gasteiger charge is -2.35. The zero-order valence-corrected chi connectivity index (χ0v) is 23.1. The van der Waals surface area contributed by atoms with Gasteiger partial charge in [-0.3, -0.25) is 4.79 Å². The van der Waals surface area contributed by atoms with E-state index < -0.39 is 0 Å². The van der Waals surface area contributed by atoms with Crippen LogP contribution in [0, 0.1) is 0 Å². The summed E-state index contributed by atoms with van der Waals surface area (Å²) in [7, 11) is 0. The monoisotopic (exact) mass is 534 g/mol. The average Bonchev–Trinajstić information content (AvgIpc) is 2.92. The summed E-state index contributed by atoms with van der Waals surface area (Å²) in [4.78, 5) is 25.5. The molecule has 194 valence electrons. The first-order valence-electron chi connectivity index (χ1n) is 13.2. The lowest BCUT2D eigenvalue weighted by atomic mass is 10.0. The third kappa shape index (κ3) is 5.43. The van der Waals surface area contributed by atoms with Gasteiger partial charge in [0.1, 0.15) is 0 Å². The third-order valence-electron chi connectivity index (χ3n) is 7.48. The minimum atomic E-state index is -0.0691. The fraction of sp³-hybridized carbons (Fsp3) is 0.414. The molecule has 0 saturated carbocycles. The first-order valence-corrected chi connectivity index (χ1v) is 14.9. The molecule has 2 saturated heterocycles. The number of fused-ring (bicyclic) bond motifs is 2. The van der Waals surface area contributed by atoms with Gasteiger partial charge in [0, 0.05) is 80.8 Å². The summed E-state index contributed by atoms with van der Waals surface area (Å²) in [5.41, 5.74) is 4.04. The van der Waals surface area contributed by atoms with Gasteiger partial charge in [-0.2, -0.15) is 0 Å². The molecule has 2 fully saturated rings. The highest BCUT2D eigenvalue weighted by Crippen LogP contribution is 2.52. The molecule has 3 aliphatic heterocycles. The number of nitrogens with one attached hydrogen (secondary N) is 2. The van der Waals surface area contributed by atoms with Crippen molar-refractivity contribution in [3.8, 4) is 11.3 Å². The number of piperidine rings is 1. The quantitative estimate of drug-likeness (QED) is 0.337. The maximum Gasteiger partial charge on any atom is 0.250 e. The Morgan fingerprint density at radius 3 is 2.54 bits per heavy atom. The van der Waals surface area contributed by atoms with Gasteiger partial charge in [-0.15, -0.1) is 0 Å². The highest BCUT2D eigenvalue weighted by Gasteiger charge is 2.24. The van der Waals surface area contributed by atoms with Crippen LogP contribution in [0.4, 0.5) is 11.4 Å². The number of likely N-dealkylation sites (tertiary alicyclic amines) is 1. The topological polar surface area (TPSA) is 60.6 Å². The molecule has 6 rings (SSSR count). The van der Waals surface area contributed by atoms with E-state index in [4.69, 9.17) is 4.74 Å². The summed E-state index contributed by atoms with van der Waals surface area (Å²) in [6, 6.07) is 18.1. The molecular weight excluding hydrogens is 500 g/mol. The minimum Gasteiger partial charge on any atom is -0.382 e. The molecule has 0 radical (unpaired) electrons. The van der Waals surface area contributed by atoms with Crippen molar-refractivity contribution >= 4 is 34.9 Å². The number of aromatic amines is 1. The molecule has 6 nitrogen and oxygen atoms in total. The fourth-order valence-corrected chi connectivity index (χ4v) is 7.79. The van der Waals surface area contributed by atoms with Gasteiger partial charge in [-0.1, -0.05) is 35.7 Å². The molecule has 0 spiro atoms. The largest absolute Gasteiger partial charge is 0.382 e. The lowest BCUT2D eigenvalue weighted by Crippen LogP contribution is -2.42. The van der Waals surface area contributed by atoms with Crippen molar-refractivity contribution in [1.29, 1.82) is 0 Å². The van der Waals surface area contributed by atoms with Crippen LogP contribution in [0.1, 0.15) is 26.7 Å². The molecule has 2 N–H and O–H groups in total. The Hall–Kier alpha value is -2.39. The van der Waals surface area contributed by atoms with Crippen molar-refractivity contribution in [3.05, 3.63) is 58.9 Å². The third-order valence-corrected chi connectivity index (χ3v) is 10.1. The predicted octanol–water partition coefficient (Wildman–Crippen LogP) is 5.78. The molecule has 2 aromatic carbocycles. The van der Waals surface area contributed by atoms with Crippen molar-refractivity contribution in [3.63, 3.8) is 0 Å².